The van der Waals surface area contributed by atoms with Crippen LogP contribution in [-0.4, -0.2) is 18.2 Å². The van der Waals surface area contributed by atoms with Gasteiger partial charge in [-0.15, -0.1) is 0 Å². The fourth-order valence-corrected chi connectivity index (χ4v) is 1.81. The summed E-state index contributed by atoms with van der Waals surface area (Å²) in [5.41, 5.74) is 2.22. The normalized spacial score (nSPS) is 12.3. The Hall–Kier alpha value is -2.39. The molecule has 3 nitrogen and oxygen atoms in total. The Kier molecular flexibility index (Phi) is 4.69. The van der Waals surface area contributed by atoms with Crippen molar-refractivity contribution in [2.24, 2.45) is 0 Å². The van der Waals surface area contributed by atoms with Crippen LogP contribution in [0, 0.1) is 0 Å². The average molecular weight is 268 g/mol. The van der Waals surface area contributed by atoms with Gasteiger partial charge in [-0.3, -0.25) is 0 Å². The molecule has 1 N–H and O–H groups in total. The van der Waals surface area contributed by atoms with E-state index in [1.807, 2.05) is 36.4 Å². The molecule has 0 aliphatic rings. The number of benzene rings is 2. The fourth-order valence-electron chi connectivity index (χ4n) is 1.81. The average Bonchev–Trinajstić information content (AvgIpc) is 2.53. The number of methoxy groups -OCH3 is 1. The number of carbonyl (C=O) groups is 1. The molecule has 0 aliphatic carbocycles. The molecule has 2 rings (SSSR count). The zero-order valence-corrected chi connectivity index (χ0v) is 11.2. The lowest BCUT2D eigenvalue weighted by Crippen LogP contribution is -2.01. The maximum Gasteiger partial charge on any atom is 0.337 e. The zero-order chi connectivity index (χ0) is 14.4. The molecular weight excluding hydrogens is 252 g/mol. The Morgan fingerprint density at radius 1 is 1.10 bits per heavy atom. The van der Waals surface area contributed by atoms with Crippen LogP contribution in [0.15, 0.2) is 60.7 Å². The SMILES string of the molecule is COC(=O)c1ccc(C(O)/C=C/c2ccccc2)cc1. The summed E-state index contributed by atoms with van der Waals surface area (Å²) in [5.74, 6) is -0.383. The van der Waals surface area contributed by atoms with Gasteiger partial charge in [-0.05, 0) is 23.3 Å². The van der Waals surface area contributed by atoms with Crippen LogP contribution >= 0.6 is 0 Å². The van der Waals surface area contributed by atoms with Crippen molar-refractivity contribution in [2.75, 3.05) is 7.11 Å². The molecule has 20 heavy (non-hydrogen) atoms. The molecule has 0 radical (unpaired) electrons. The smallest absolute Gasteiger partial charge is 0.337 e. The van der Waals surface area contributed by atoms with Gasteiger partial charge in [-0.1, -0.05) is 54.6 Å². The highest BCUT2D eigenvalue weighted by Crippen LogP contribution is 2.17. The number of aliphatic hydroxyl groups is 1. The highest BCUT2D eigenvalue weighted by molar-refractivity contribution is 5.89. The second-order valence-corrected chi connectivity index (χ2v) is 4.33. The van der Waals surface area contributed by atoms with Gasteiger partial charge in [0, 0.05) is 0 Å². The largest absolute Gasteiger partial charge is 0.465 e. The van der Waals surface area contributed by atoms with Gasteiger partial charge in [0.2, 0.25) is 0 Å². The minimum Gasteiger partial charge on any atom is -0.465 e. The van der Waals surface area contributed by atoms with E-state index in [0.717, 1.165) is 11.1 Å². The van der Waals surface area contributed by atoms with E-state index in [1.165, 1.54) is 7.11 Å². The predicted molar refractivity (Wildman–Crippen MR) is 78.2 cm³/mol. The quantitative estimate of drug-likeness (QED) is 0.866. The van der Waals surface area contributed by atoms with E-state index in [-0.39, 0.29) is 5.97 Å². The molecule has 0 amide bonds. The first-order valence-electron chi connectivity index (χ1n) is 6.30. The van der Waals surface area contributed by atoms with E-state index < -0.39 is 6.10 Å². The summed E-state index contributed by atoms with van der Waals surface area (Å²) >= 11 is 0. The third-order valence-electron chi connectivity index (χ3n) is 2.94. The summed E-state index contributed by atoms with van der Waals surface area (Å²) < 4.78 is 4.63. The monoisotopic (exact) mass is 268 g/mol. The molecule has 0 heterocycles. The molecular formula is C17H16O3. The zero-order valence-electron chi connectivity index (χ0n) is 11.2. The van der Waals surface area contributed by atoms with Crippen LogP contribution in [-0.2, 0) is 4.74 Å². The molecule has 3 heteroatoms. The number of carbonyl (C=O) groups excluding carboxylic acids is 1. The molecule has 0 bridgehead atoms. The van der Waals surface area contributed by atoms with Gasteiger partial charge in [0.25, 0.3) is 0 Å². The molecule has 2 aromatic rings. The second-order valence-electron chi connectivity index (χ2n) is 4.33. The van der Waals surface area contributed by atoms with Crippen molar-refractivity contribution in [3.8, 4) is 0 Å². The fraction of sp³-hybridized carbons (Fsp3) is 0.118. The van der Waals surface area contributed by atoms with Crippen LogP contribution in [0.4, 0.5) is 0 Å². The molecule has 102 valence electrons. The Morgan fingerprint density at radius 3 is 2.35 bits per heavy atom. The van der Waals surface area contributed by atoms with Crippen molar-refractivity contribution < 1.29 is 14.6 Å². The molecule has 1 atom stereocenters. The number of rotatable bonds is 4. The van der Waals surface area contributed by atoms with Crippen molar-refractivity contribution in [1.29, 1.82) is 0 Å². The Balaban J connectivity index is 2.08. The van der Waals surface area contributed by atoms with Gasteiger partial charge in [-0.2, -0.15) is 0 Å². The molecule has 0 spiro atoms. The van der Waals surface area contributed by atoms with Crippen molar-refractivity contribution in [1.82, 2.24) is 0 Å². The molecule has 0 saturated heterocycles. The number of hydrogen-bond donors (Lipinski definition) is 1. The lowest BCUT2D eigenvalue weighted by atomic mass is 10.1. The topological polar surface area (TPSA) is 46.5 Å². The minimum atomic E-state index is -0.707. The van der Waals surface area contributed by atoms with Crippen molar-refractivity contribution >= 4 is 12.0 Å². The molecule has 2 aromatic carbocycles. The van der Waals surface area contributed by atoms with Crippen LogP contribution in [0.2, 0.25) is 0 Å². The molecule has 0 aromatic heterocycles. The van der Waals surface area contributed by atoms with Crippen LogP contribution < -0.4 is 0 Å². The van der Waals surface area contributed by atoms with Gasteiger partial charge in [0.15, 0.2) is 0 Å². The Bertz CT molecular complexity index is 585. The van der Waals surface area contributed by atoms with Gasteiger partial charge >= 0.3 is 5.97 Å². The Labute approximate surface area is 118 Å². The number of aliphatic hydroxyl groups excluding tert-OH is 1. The first-order chi connectivity index (χ1) is 9.70. The van der Waals surface area contributed by atoms with Gasteiger partial charge in [0.1, 0.15) is 0 Å². The molecule has 0 saturated carbocycles. The van der Waals surface area contributed by atoms with Crippen molar-refractivity contribution in [3.05, 3.63) is 77.4 Å². The van der Waals surface area contributed by atoms with Gasteiger partial charge in [0.05, 0.1) is 18.8 Å². The molecule has 0 aliphatic heterocycles. The highest BCUT2D eigenvalue weighted by atomic mass is 16.5. The van der Waals surface area contributed by atoms with Crippen LogP contribution in [0.5, 0.6) is 0 Å². The van der Waals surface area contributed by atoms with E-state index in [4.69, 9.17) is 0 Å². The minimum absolute atomic E-state index is 0.383. The summed E-state index contributed by atoms with van der Waals surface area (Å²) in [6, 6.07) is 16.5. The maximum absolute atomic E-state index is 11.3. The van der Waals surface area contributed by atoms with E-state index in [9.17, 15) is 9.90 Å². The first-order valence-corrected chi connectivity index (χ1v) is 6.30. The van der Waals surface area contributed by atoms with E-state index >= 15 is 0 Å². The first kappa shape index (κ1) is 14.0. The lowest BCUT2D eigenvalue weighted by Gasteiger charge is -2.07. The van der Waals surface area contributed by atoms with Gasteiger partial charge < -0.3 is 9.84 Å². The van der Waals surface area contributed by atoms with E-state index in [1.54, 1.807) is 30.3 Å². The highest BCUT2D eigenvalue weighted by Gasteiger charge is 2.07. The van der Waals surface area contributed by atoms with Crippen molar-refractivity contribution in [2.45, 2.75) is 6.10 Å². The third-order valence-corrected chi connectivity index (χ3v) is 2.94. The Morgan fingerprint density at radius 2 is 1.75 bits per heavy atom. The second kappa shape index (κ2) is 6.68. The van der Waals surface area contributed by atoms with E-state index in [0.29, 0.717) is 5.56 Å². The maximum atomic E-state index is 11.3. The predicted octanol–water partition coefficient (Wildman–Crippen LogP) is 3.22. The standard InChI is InChI=1S/C17H16O3/c1-20-17(19)15-10-8-14(9-11-15)16(18)12-7-13-5-3-2-4-6-13/h2-12,16,18H,1H3/b12-7+. The summed E-state index contributed by atoms with van der Waals surface area (Å²) in [5, 5.41) is 10.1. The summed E-state index contributed by atoms with van der Waals surface area (Å²) in [6.07, 6.45) is 2.86. The van der Waals surface area contributed by atoms with Crippen LogP contribution in [0.1, 0.15) is 27.6 Å². The number of ether oxygens (including phenoxy) is 1. The van der Waals surface area contributed by atoms with Crippen LogP contribution in [0.25, 0.3) is 6.08 Å². The number of hydrogen-bond acceptors (Lipinski definition) is 3. The summed E-state index contributed by atoms with van der Waals surface area (Å²) in [7, 11) is 1.34. The van der Waals surface area contributed by atoms with E-state index in [2.05, 4.69) is 4.74 Å². The van der Waals surface area contributed by atoms with Crippen LogP contribution in [0.3, 0.4) is 0 Å². The summed E-state index contributed by atoms with van der Waals surface area (Å²) in [6.45, 7) is 0. The van der Waals surface area contributed by atoms with Crippen molar-refractivity contribution in [3.63, 3.8) is 0 Å². The molecule has 0 fully saturated rings. The summed E-state index contributed by atoms with van der Waals surface area (Å²) in [4.78, 5) is 11.3. The third kappa shape index (κ3) is 3.56. The number of esters is 1. The molecule has 1 unspecified atom stereocenters. The van der Waals surface area contributed by atoms with Gasteiger partial charge in [-0.25, -0.2) is 4.79 Å². The lowest BCUT2D eigenvalue weighted by molar-refractivity contribution is 0.0600.